The number of allylic oxidation sites excluding steroid dienone is 1. The molecule has 0 amide bonds. The van der Waals surface area contributed by atoms with Crippen molar-refractivity contribution in [1.82, 2.24) is 0 Å². The first-order chi connectivity index (χ1) is 23.2. The fourth-order valence-corrected chi connectivity index (χ4v) is 7.00. The van der Waals surface area contributed by atoms with Gasteiger partial charge in [-0.05, 0) is 5.92 Å². The Labute approximate surface area is 293 Å². The van der Waals surface area contributed by atoms with Crippen molar-refractivity contribution in [2.24, 2.45) is 23.2 Å². The van der Waals surface area contributed by atoms with Crippen molar-refractivity contribution in [1.29, 1.82) is 0 Å². The molecule has 50 heavy (non-hydrogen) atoms. The minimum absolute atomic E-state index is 0.0672. The molecule has 0 heterocycles. The SMILES string of the molecule is C=C(OC1C(=C)C(OC(C)=O)C(OC(C)=O)C(OC(C)=O)C(C)(C)C=CC(C)C(=O)C2(OC(C)=O)CC(C)C(OC(C)=O)C12)c1ccccc1. The third kappa shape index (κ3) is 8.88. The van der Waals surface area contributed by atoms with Gasteiger partial charge in [-0.1, -0.05) is 83.3 Å². The van der Waals surface area contributed by atoms with Crippen LogP contribution in [0, 0.1) is 23.2 Å². The average molecular weight is 697 g/mol. The molecule has 0 N–H and O–H groups in total. The standard InChI is InChI=1S/C38H48O12/c1-20-17-18-37(10,11)36(49-27(8)42)34(48-26(7)41)33(47-25(6)40)22(3)32(45-23(4)29-15-13-12-14-16-29)30-31(46-24(5)39)21(2)19-38(30,35(20)44)50-28(9)43/h12-18,20-21,30-34,36H,3-4,19H2,1-2,5-11H3. The summed E-state index contributed by atoms with van der Waals surface area (Å²) < 4.78 is 36.0. The van der Waals surface area contributed by atoms with Gasteiger partial charge in [0.2, 0.25) is 0 Å². The molecule has 9 unspecified atom stereocenters. The van der Waals surface area contributed by atoms with Crippen LogP contribution in [0.2, 0.25) is 0 Å². The lowest BCUT2D eigenvalue weighted by molar-refractivity contribution is -0.191. The molecule has 0 aliphatic heterocycles. The third-order valence-electron chi connectivity index (χ3n) is 8.99. The maximum absolute atomic E-state index is 14.8. The van der Waals surface area contributed by atoms with Gasteiger partial charge in [0.1, 0.15) is 18.0 Å². The van der Waals surface area contributed by atoms with Crippen molar-refractivity contribution < 1.29 is 57.2 Å². The zero-order valence-electron chi connectivity index (χ0n) is 30.2. The van der Waals surface area contributed by atoms with Crippen molar-refractivity contribution in [3.63, 3.8) is 0 Å². The number of fused-ring (bicyclic) bond motifs is 1. The Bertz CT molecular complexity index is 1540. The second-order valence-electron chi connectivity index (χ2n) is 13.6. The van der Waals surface area contributed by atoms with Crippen LogP contribution in [-0.2, 0) is 57.2 Å². The van der Waals surface area contributed by atoms with E-state index in [1.807, 2.05) is 0 Å². The molecular weight excluding hydrogens is 648 g/mol. The first-order valence-corrected chi connectivity index (χ1v) is 16.4. The minimum atomic E-state index is -1.96. The Kier molecular flexibility index (Phi) is 12.6. The van der Waals surface area contributed by atoms with E-state index in [1.54, 1.807) is 70.2 Å². The van der Waals surface area contributed by atoms with Crippen LogP contribution in [0.4, 0.5) is 0 Å². The molecule has 12 nitrogen and oxygen atoms in total. The van der Waals surface area contributed by atoms with E-state index in [9.17, 15) is 28.8 Å². The van der Waals surface area contributed by atoms with E-state index < -0.39 is 94.9 Å². The quantitative estimate of drug-likeness (QED) is 0.154. The van der Waals surface area contributed by atoms with Crippen LogP contribution in [0.3, 0.4) is 0 Å². The van der Waals surface area contributed by atoms with Crippen molar-refractivity contribution >= 4 is 41.4 Å². The highest BCUT2D eigenvalue weighted by Crippen LogP contribution is 2.51. The van der Waals surface area contributed by atoms with Gasteiger partial charge in [-0.3, -0.25) is 28.8 Å². The molecule has 1 aromatic carbocycles. The highest BCUT2D eigenvalue weighted by molar-refractivity contribution is 5.93. The fraction of sp³-hybridized carbons (Fsp3) is 0.526. The summed E-state index contributed by atoms with van der Waals surface area (Å²) in [6, 6.07) is 8.75. The predicted octanol–water partition coefficient (Wildman–Crippen LogP) is 5.08. The highest BCUT2D eigenvalue weighted by Gasteiger charge is 2.65. The molecule has 1 saturated carbocycles. The van der Waals surface area contributed by atoms with E-state index in [0.29, 0.717) is 5.56 Å². The number of carbonyl (C=O) groups is 6. The topological polar surface area (TPSA) is 158 Å². The molecule has 3 rings (SSSR count). The lowest BCUT2D eigenvalue weighted by Crippen LogP contribution is -2.58. The van der Waals surface area contributed by atoms with Crippen LogP contribution < -0.4 is 0 Å². The van der Waals surface area contributed by atoms with Crippen LogP contribution in [0.15, 0.2) is 61.2 Å². The van der Waals surface area contributed by atoms with Gasteiger partial charge in [0.25, 0.3) is 0 Å². The summed E-state index contributed by atoms with van der Waals surface area (Å²) in [6.45, 7) is 21.0. The summed E-state index contributed by atoms with van der Waals surface area (Å²) in [6.07, 6.45) is -3.83. The molecule has 1 fully saturated rings. The molecule has 0 saturated heterocycles. The number of carbonyl (C=O) groups excluding carboxylic acids is 6. The second kappa shape index (κ2) is 15.9. The zero-order valence-corrected chi connectivity index (χ0v) is 30.2. The first kappa shape index (κ1) is 39.7. The van der Waals surface area contributed by atoms with Gasteiger partial charge >= 0.3 is 29.8 Å². The lowest BCUT2D eigenvalue weighted by atomic mass is 9.72. The highest BCUT2D eigenvalue weighted by atomic mass is 16.6. The molecule has 9 atom stereocenters. The summed E-state index contributed by atoms with van der Waals surface area (Å²) in [4.78, 5) is 78.5. The van der Waals surface area contributed by atoms with Gasteiger partial charge in [0.15, 0.2) is 29.7 Å². The molecule has 1 aromatic rings. The molecule has 0 spiro atoms. The number of ether oxygens (including phenoxy) is 6. The Balaban J connectivity index is 2.52. The summed E-state index contributed by atoms with van der Waals surface area (Å²) in [5, 5.41) is 0. The lowest BCUT2D eigenvalue weighted by Gasteiger charge is -2.45. The minimum Gasteiger partial charge on any atom is -0.485 e. The maximum Gasteiger partial charge on any atom is 0.303 e. The molecule has 272 valence electrons. The van der Waals surface area contributed by atoms with Crippen molar-refractivity contribution in [2.75, 3.05) is 0 Å². The number of hydrogen-bond acceptors (Lipinski definition) is 12. The number of benzene rings is 1. The average Bonchev–Trinajstić information content (AvgIpc) is 3.27. The number of rotatable bonds is 8. The van der Waals surface area contributed by atoms with Crippen molar-refractivity contribution in [3.05, 3.63) is 66.8 Å². The van der Waals surface area contributed by atoms with Crippen LogP contribution in [0.5, 0.6) is 0 Å². The molecule has 2 aliphatic carbocycles. The Morgan fingerprint density at radius 1 is 0.740 bits per heavy atom. The molecule has 0 aromatic heterocycles. The molecule has 12 heteroatoms. The molecule has 0 bridgehead atoms. The maximum atomic E-state index is 14.8. The predicted molar refractivity (Wildman–Crippen MR) is 181 cm³/mol. The Hall–Kier alpha value is -4.74. The van der Waals surface area contributed by atoms with E-state index in [1.165, 1.54) is 20.8 Å². The van der Waals surface area contributed by atoms with Crippen LogP contribution in [-0.4, -0.2) is 71.8 Å². The summed E-state index contributed by atoms with van der Waals surface area (Å²) >= 11 is 0. The molecular formula is C38H48O12. The van der Waals surface area contributed by atoms with Crippen molar-refractivity contribution in [3.8, 4) is 0 Å². The van der Waals surface area contributed by atoms with Gasteiger partial charge in [-0.2, -0.15) is 0 Å². The van der Waals surface area contributed by atoms with Gasteiger partial charge < -0.3 is 28.4 Å². The van der Waals surface area contributed by atoms with E-state index in [4.69, 9.17) is 28.4 Å². The first-order valence-electron chi connectivity index (χ1n) is 16.4. The largest absolute Gasteiger partial charge is 0.485 e. The summed E-state index contributed by atoms with van der Waals surface area (Å²) in [5.74, 6) is -7.01. The molecule has 0 radical (unpaired) electrons. The summed E-state index contributed by atoms with van der Waals surface area (Å²) in [7, 11) is 0. The zero-order chi connectivity index (χ0) is 37.7. The number of ketones is 1. The van der Waals surface area contributed by atoms with Crippen LogP contribution >= 0.6 is 0 Å². The number of esters is 5. The van der Waals surface area contributed by atoms with Crippen LogP contribution in [0.25, 0.3) is 5.76 Å². The van der Waals surface area contributed by atoms with Gasteiger partial charge in [-0.15, -0.1) is 0 Å². The second-order valence-corrected chi connectivity index (χ2v) is 13.6. The number of Topliss-reactive ketones (excluding diaryl/α,β-unsaturated/α-hetero) is 1. The van der Waals surface area contributed by atoms with Crippen molar-refractivity contribution in [2.45, 2.75) is 105 Å². The number of hydrogen-bond donors (Lipinski definition) is 0. The fourth-order valence-electron chi connectivity index (χ4n) is 7.00. The smallest absolute Gasteiger partial charge is 0.303 e. The third-order valence-corrected chi connectivity index (χ3v) is 8.99. The van der Waals surface area contributed by atoms with Gasteiger partial charge in [0, 0.05) is 63.5 Å². The van der Waals surface area contributed by atoms with Crippen LogP contribution in [0.1, 0.15) is 74.3 Å². The van der Waals surface area contributed by atoms with Gasteiger partial charge in [0.05, 0.1) is 5.92 Å². The molecule has 2 aliphatic rings. The Morgan fingerprint density at radius 3 is 1.80 bits per heavy atom. The monoisotopic (exact) mass is 696 g/mol. The normalized spacial score (nSPS) is 30.7. The van der Waals surface area contributed by atoms with E-state index in [2.05, 4.69) is 13.2 Å². The van der Waals surface area contributed by atoms with E-state index in [-0.39, 0.29) is 17.8 Å². The van der Waals surface area contributed by atoms with E-state index >= 15 is 0 Å². The van der Waals surface area contributed by atoms with E-state index in [0.717, 1.165) is 13.8 Å². The van der Waals surface area contributed by atoms with Gasteiger partial charge in [-0.25, -0.2) is 0 Å². The Morgan fingerprint density at radius 2 is 1.28 bits per heavy atom. The summed E-state index contributed by atoms with van der Waals surface area (Å²) in [5.41, 5.74) is -2.67.